The minimum Gasteiger partial charge on any atom is -0.369 e. The Morgan fingerprint density at radius 3 is 2.79 bits per heavy atom. The molecule has 96 valence electrons. The van der Waals surface area contributed by atoms with Gasteiger partial charge in [0.25, 0.3) is 0 Å². The van der Waals surface area contributed by atoms with Gasteiger partial charge in [0.15, 0.2) is 0 Å². The fraction of sp³-hybridized carbons (Fsp3) is 0.0714. The number of para-hydroxylation sites is 1. The normalized spacial score (nSPS) is 11.1. The van der Waals surface area contributed by atoms with Gasteiger partial charge in [0, 0.05) is 9.50 Å². The molecule has 3 nitrogen and oxygen atoms in total. The van der Waals surface area contributed by atoms with Crippen molar-refractivity contribution < 1.29 is 0 Å². The van der Waals surface area contributed by atoms with Gasteiger partial charge in [-0.05, 0) is 52.7 Å². The Labute approximate surface area is 124 Å². The number of aromatic nitrogens is 2. The molecule has 2 N–H and O–H groups in total. The summed E-state index contributed by atoms with van der Waals surface area (Å²) in [4.78, 5) is 4.44. The zero-order chi connectivity index (χ0) is 13.6. The van der Waals surface area contributed by atoms with E-state index < -0.39 is 0 Å². The van der Waals surface area contributed by atoms with Gasteiger partial charge in [-0.15, -0.1) is 0 Å². The monoisotopic (exact) mass is 335 g/mol. The molecule has 19 heavy (non-hydrogen) atoms. The van der Waals surface area contributed by atoms with Crippen molar-refractivity contribution in [3.63, 3.8) is 0 Å². The van der Waals surface area contributed by atoms with Crippen molar-refractivity contribution in [2.75, 3.05) is 5.73 Å². The number of aryl methyl sites for hydroxylation is 1. The van der Waals surface area contributed by atoms with E-state index >= 15 is 0 Å². The van der Waals surface area contributed by atoms with E-state index in [9.17, 15) is 0 Å². The second-order valence-electron chi connectivity index (χ2n) is 4.34. The number of hydrogen-bond acceptors (Lipinski definition) is 2. The summed E-state index contributed by atoms with van der Waals surface area (Å²) in [6, 6.07) is 11.6. The number of fused-ring (bicyclic) bond motifs is 1. The molecule has 0 radical (unpaired) electrons. The lowest BCUT2D eigenvalue weighted by molar-refractivity contribution is 1.10. The van der Waals surface area contributed by atoms with E-state index in [2.05, 4.69) is 20.9 Å². The van der Waals surface area contributed by atoms with E-state index in [1.165, 1.54) is 0 Å². The van der Waals surface area contributed by atoms with Crippen LogP contribution < -0.4 is 5.73 Å². The molecule has 0 saturated heterocycles. The predicted octanol–water partition coefficient (Wildman–Crippen LogP) is 4.33. The van der Waals surface area contributed by atoms with Crippen LogP contribution in [0.1, 0.15) is 5.56 Å². The molecule has 1 heterocycles. The number of imidazole rings is 1. The van der Waals surface area contributed by atoms with Crippen LogP contribution in [0.25, 0.3) is 16.7 Å². The lowest BCUT2D eigenvalue weighted by atomic mass is 10.2. The van der Waals surface area contributed by atoms with E-state index in [0.717, 1.165) is 26.8 Å². The van der Waals surface area contributed by atoms with E-state index in [0.29, 0.717) is 11.0 Å². The van der Waals surface area contributed by atoms with Crippen molar-refractivity contribution in [3.8, 4) is 5.69 Å². The molecule has 3 aromatic rings. The number of benzene rings is 2. The Morgan fingerprint density at radius 2 is 2.05 bits per heavy atom. The lowest BCUT2D eigenvalue weighted by Gasteiger charge is -2.09. The number of nitrogen functional groups attached to an aromatic ring is 1. The number of nitrogens with two attached hydrogens (primary N) is 1. The van der Waals surface area contributed by atoms with Gasteiger partial charge < -0.3 is 5.73 Å². The number of anilines is 1. The molecule has 0 amide bonds. The number of rotatable bonds is 1. The van der Waals surface area contributed by atoms with Gasteiger partial charge in [-0.3, -0.25) is 4.57 Å². The van der Waals surface area contributed by atoms with E-state index in [4.69, 9.17) is 17.3 Å². The van der Waals surface area contributed by atoms with Gasteiger partial charge in [0.2, 0.25) is 5.95 Å². The molecular weight excluding hydrogens is 326 g/mol. The Kier molecular flexibility index (Phi) is 2.99. The first-order valence-corrected chi connectivity index (χ1v) is 6.94. The van der Waals surface area contributed by atoms with Crippen LogP contribution in [0.5, 0.6) is 0 Å². The third-order valence-electron chi connectivity index (χ3n) is 3.06. The molecule has 5 heteroatoms. The van der Waals surface area contributed by atoms with Crippen LogP contribution in [0.15, 0.2) is 40.9 Å². The third kappa shape index (κ3) is 2.01. The van der Waals surface area contributed by atoms with Crippen LogP contribution >= 0.6 is 27.5 Å². The molecule has 0 aliphatic heterocycles. The average molecular weight is 337 g/mol. The second kappa shape index (κ2) is 4.54. The molecule has 0 unspecified atom stereocenters. The highest BCUT2D eigenvalue weighted by molar-refractivity contribution is 9.10. The molecular formula is C14H11BrClN3. The largest absolute Gasteiger partial charge is 0.369 e. The minimum atomic E-state index is 0.465. The first-order chi connectivity index (χ1) is 9.08. The Bertz CT molecular complexity index is 780. The van der Waals surface area contributed by atoms with Gasteiger partial charge >= 0.3 is 0 Å². The maximum Gasteiger partial charge on any atom is 0.205 e. The maximum absolute atomic E-state index is 6.06. The molecule has 0 aliphatic carbocycles. The molecule has 0 atom stereocenters. The second-order valence-corrected chi connectivity index (χ2v) is 5.63. The zero-order valence-electron chi connectivity index (χ0n) is 10.2. The van der Waals surface area contributed by atoms with Crippen LogP contribution in [-0.2, 0) is 0 Å². The predicted molar refractivity (Wildman–Crippen MR) is 82.9 cm³/mol. The standard InChI is InChI=1S/C14H11BrClN3/c1-8-3-2-4-12-13(8)18-14(17)19(12)11-6-5-9(16)7-10(11)15/h2-7H,1H3,(H2,17,18). The van der Waals surface area contributed by atoms with Gasteiger partial charge in [0.1, 0.15) is 0 Å². The molecule has 0 bridgehead atoms. The SMILES string of the molecule is Cc1cccc2c1nc(N)n2-c1ccc(Cl)cc1Br. The van der Waals surface area contributed by atoms with Crippen LogP contribution in [0.4, 0.5) is 5.95 Å². The third-order valence-corrected chi connectivity index (χ3v) is 3.93. The molecule has 0 aliphatic rings. The topological polar surface area (TPSA) is 43.8 Å². The quantitative estimate of drug-likeness (QED) is 0.718. The Balaban J connectivity index is 2.36. The van der Waals surface area contributed by atoms with Gasteiger partial charge in [-0.1, -0.05) is 23.7 Å². The highest BCUT2D eigenvalue weighted by Crippen LogP contribution is 2.31. The summed E-state index contributed by atoms with van der Waals surface area (Å²) in [5, 5.41) is 0.676. The first-order valence-electron chi connectivity index (χ1n) is 5.77. The minimum absolute atomic E-state index is 0.465. The molecule has 0 fully saturated rings. The summed E-state index contributed by atoms with van der Waals surface area (Å²) in [6.45, 7) is 2.02. The Hall–Kier alpha value is -1.52. The zero-order valence-corrected chi connectivity index (χ0v) is 12.5. The van der Waals surface area contributed by atoms with Crippen molar-refractivity contribution in [1.29, 1.82) is 0 Å². The summed E-state index contributed by atoms with van der Waals surface area (Å²) in [5.74, 6) is 0.465. The molecule has 2 aromatic carbocycles. The fourth-order valence-electron chi connectivity index (χ4n) is 2.17. The summed E-state index contributed by atoms with van der Waals surface area (Å²) >= 11 is 9.49. The molecule has 0 spiro atoms. The van der Waals surface area contributed by atoms with Gasteiger partial charge in [-0.2, -0.15) is 0 Å². The highest BCUT2D eigenvalue weighted by atomic mass is 79.9. The van der Waals surface area contributed by atoms with Gasteiger partial charge in [0.05, 0.1) is 16.7 Å². The van der Waals surface area contributed by atoms with E-state index in [1.54, 1.807) is 0 Å². The summed E-state index contributed by atoms with van der Waals surface area (Å²) in [7, 11) is 0. The number of nitrogens with zero attached hydrogens (tertiary/aromatic N) is 2. The first kappa shape index (κ1) is 12.5. The van der Waals surface area contributed by atoms with Crippen molar-refractivity contribution in [3.05, 3.63) is 51.5 Å². The van der Waals surface area contributed by atoms with Crippen molar-refractivity contribution in [2.24, 2.45) is 0 Å². The number of hydrogen-bond donors (Lipinski definition) is 1. The smallest absolute Gasteiger partial charge is 0.205 e. The van der Waals surface area contributed by atoms with Crippen LogP contribution in [0.3, 0.4) is 0 Å². The van der Waals surface area contributed by atoms with Crippen molar-refractivity contribution >= 4 is 44.5 Å². The summed E-state index contributed by atoms with van der Waals surface area (Å²) in [6.07, 6.45) is 0. The summed E-state index contributed by atoms with van der Waals surface area (Å²) < 4.78 is 2.80. The maximum atomic E-state index is 6.06. The molecule has 3 rings (SSSR count). The lowest BCUT2D eigenvalue weighted by Crippen LogP contribution is -2.01. The van der Waals surface area contributed by atoms with Crippen molar-refractivity contribution in [1.82, 2.24) is 9.55 Å². The van der Waals surface area contributed by atoms with Crippen LogP contribution in [0.2, 0.25) is 5.02 Å². The van der Waals surface area contributed by atoms with Gasteiger partial charge in [-0.25, -0.2) is 4.98 Å². The summed E-state index contributed by atoms with van der Waals surface area (Å²) in [5.41, 5.74) is 9.99. The highest BCUT2D eigenvalue weighted by Gasteiger charge is 2.13. The van der Waals surface area contributed by atoms with Crippen LogP contribution in [0, 0.1) is 6.92 Å². The van der Waals surface area contributed by atoms with Crippen molar-refractivity contribution in [2.45, 2.75) is 6.92 Å². The van der Waals surface area contributed by atoms with E-state index in [-0.39, 0.29) is 0 Å². The molecule has 0 saturated carbocycles. The number of halogens is 2. The average Bonchev–Trinajstić information content (AvgIpc) is 2.68. The Morgan fingerprint density at radius 1 is 1.26 bits per heavy atom. The fourth-order valence-corrected chi connectivity index (χ4v) is 3.03. The van der Waals surface area contributed by atoms with Crippen LogP contribution in [-0.4, -0.2) is 9.55 Å². The molecule has 1 aromatic heterocycles. The van der Waals surface area contributed by atoms with E-state index in [1.807, 2.05) is 47.9 Å².